The number of nitrogens with one attached hydrogen (secondary N) is 1. The van der Waals surface area contributed by atoms with Crippen LogP contribution in [0.4, 0.5) is 23.7 Å². The molecule has 1 heterocycles. The summed E-state index contributed by atoms with van der Waals surface area (Å²) in [7, 11) is 1.42. The van der Waals surface area contributed by atoms with Crippen LogP contribution < -0.4 is 14.8 Å². The van der Waals surface area contributed by atoms with E-state index in [1.807, 2.05) is 0 Å². The van der Waals surface area contributed by atoms with Crippen LogP contribution in [0.3, 0.4) is 0 Å². The number of anilines is 1. The molecule has 0 spiro atoms. The molecular weight excluding hydrogens is 592 g/mol. The highest BCUT2D eigenvalue weighted by Gasteiger charge is 2.36. The number of nitrogens with zero attached hydrogens (tertiary/aromatic N) is 1. The molecule has 0 saturated carbocycles. The van der Waals surface area contributed by atoms with Crippen LogP contribution in [-0.2, 0) is 22.4 Å². The molecule has 7 nitrogen and oxygen atoms in total. The van der Waals surface area contributed by atoms with E-state index in [0.29, 0.717) is 27.2 Å². The first-order chi connectivity index (χ1) is 18.9. The van der Waals surface area contributed by atoms with Crippen LogP contribution in [0.15, 0.2) is 65.6 Å². The largest absolute Gasteiger partial charge is 0.493 e. The van der Waals surface area contributed by atoms with Crippen LogP contribution in [0.25, 0.3) is 6.08 Å². The zero-order valence-corrected chi connectivity index (χ0v) is 22.9. The van der Waals surface area contributed by atoms with Gasteiger partial charge >= 0.3 is 6.18 Å². The lowest BCUT2D eigenvalue weighted by Gasteiger charge is -2.14. The molecule has 208 valence electrons. The number of carbonyl (C=O) groups excluding carboxylic acids is 3. The minimum Gasteiger partial charge on any atom is -0.493 e. The van der Waals surface area contributed by atoms with Crippen molar-refractivity contribution in [3.05, 3.63) is 92.3 Å². The maximum atomic E-state index is 12.9. The summed E-state index contributed by atoms with van der Waals surface area (Å²) >= 11 is 12.9. The van der Waals surface area contributed by atoms with E-state index in [1.54, 1.807) is 30.3 Å². The number of hydrogen-bond donors (Lipinski definition) is 1. The zero-order chi connectivity index (χ0) is 29.0. The minimum absolute atomic E-state index is 0.0184. The molecule has 1 N–H and O–H groups in total. The summed E-state index contributed by atoms with van der Waals surface area (Å²) in [5, 5.41) is 2.34. The van der Waals surface area contributed by atoms with Gasteiger partial charge in [0.05, 0.1) is 22.6 Å². The first-order valence-electron chi connectivity index (χ1n) is 11.4. The number of halogens is 5. The van der Waals surface area contributed by atoms with Gasteiger partial charge in [-0.2, -0.15) is 13.2 Å². The topological polar surface area (TPSA) is 84.9 Å². The molecule has 3 aromatic rings. The number of thioether (sulfide) groups is 1. The van der Waals surface area contributed by atoms with Crippen LogP contribution in [0.2, 0.25) is 10.0 Å². The predicted octanol–water partition coefficient (Wildman–Crippen LogP) is 7.27. The number of benzene rings is 3. The number of hydrogen-bond acceptors (Lipinski definition) is 6. The van der Waals surface area contributed by atoms with Crippen molar-refractivity contribution in [1.82, 2.24) is 4.90 Å². The van der Waals surface area contributed by atoms with Gasteiger partial charge in [-0.05, 0) is 71.4 Å². The summed E-state index contributed by atoms with van der Waals surface area (Å²) in [5.74, 6) is -1.02. The number of rotatable bonds is 8. The molecule has 3 aromatic carbocycles. The summed E-state index contributed by atoms with van der Waals surface area (Å²) in [6, 6.07) is 14.2. The van der Waals surface area contributed by atoms with Crippen LogP contribution >= 0.6 is 35.0 Å². The Morgan fingerprint density at radius 1 is 1.07 bits per heavy atom. The molecule has 1 saturated heterocycles. The Morgan fingerprint density at radius 3 is 2.48 bits per heavy atom. The van der Waals surface area contributed by atoms with Gasteiger partial charge < -0.3 is 14.8 Å². The van der Waals surface area contributed by atoms with Crippen molar-refractivity contribution in [2.45, 2.75) is 12.8 Å². The van der Waals surface area contributed by atoms with Crippen molar-refractivity contribution < 1.29 is 37.0 Å². The van der Waals surface area contributed by atoms with Gasteiger partial charge in [-0.15, -0.1) is 0 Å². The van der Waals surface area contributed by atoms with Gasteiger partial charge in [-0.25, -0.2) is 0 Å². The second-order valence-corrected chi connectivity index (χ2v) is 10.2. The molecule has 4 rings (SSSR count). The molecule has 0 radical (unpaired) electrons. The van der Waals surface area contributed by atoms with Gasteiger partial charge in [0.25, 0.3) is 11.1 Å². The molecule has 1 aliphatic rings. The molecule has 0 aliphatic carbocycles. The minimum atomic E-state index is -4.59. The monoisotopic (exact) mass is 610 g/mol. The number of imide groups is 1. The van der Waals surface area contributed by atoms with Crippen molar-refractivity contribution in [1.29, 1.82) is 0 Å². The average molecular weight is 611 g/mol. The molecule has 40 heavy (non-hydrogen) atoms. The summed E-state index contributed by atoms with van der Waals surface area (Å²) in [4.78, 5) is 38.5. The maximum Gasteiger partial charge on any atom is 0.416 e. The van der Waals surface area contributed by atoms with Gasteiger partial charge in [0, 0.05) is 10.7 Å². The van der Waals surface area contributed by atoms with E-state index in [2.05, 4.69) is 5.32 Å². The van der Waals surface area contributed by atoms with Crippen LogP contribution in [0.5, 0.6) is 11.5 Å². The van der Waals surface area contributed by atoms with E-state index in [9.17, 15) is 27.6 Å². The lowest BCUT2D eigenvalue weighted by molar-refractivity contribution is -0.137. The summed E-state index contributed by atoms with van der Waals surface area (Å²) in [6.07, 6.45) is -3.18. The number of methoxy groups -OCH3 is 1. The molecular formula is C27H19Cl2F3N2O5S. The SMILES string of the molecule is COc1cc(/C=C2\SC(=O)N(CC(=O)Nc3cccc(C(F)(F)F)c3)C2=O)cc(Cl)c1OCc1ccc(Cl)cc1. The Morgan fingerprint density at radius 2 is 1.80 bits per heavy atom. The molecule has 1 aliphatic heterocycles. The first kappa shape index (κ1) is 29.3. The van der Waals surface area contributed by atoms with Crippen molar-refractivity contribution in [3.8, 4) is 11.5 Å². The third kappa shape index (κ3) is 7.09. The maximum absolute atomic E-state index is 12.9. The second kappa shape index (κ2) is 12.2. The fraction of sp³-hybridized carbons (Fsp3) is 0.148. The third-order valence-electron chi connectivity index (χ3n) is 5.49. The molecule has 1 fully saturated rings. The molecule has 0 aromatic heterocycles. The summed E-state index contributed by atoms with van der Waals surface area (Å²) in [5.41, 5.74) is 0.203. The lowest BCUT2D eigenvalue weighted by Crippen LogP contribution is -2.36. The zero-order valence-electron chi connectivity index (χ0n) is 20.6. The molecule has 3 amide bonds. The van der Waals surface area contributed by atoms with E-state index in [1.165, 1.54) is 25.3 Å². The first-order valence-corrected chi connectivity index (χ1v) is 13.0. The van der Waals surface area contributed by atoms with Crippen molar-refractivity contribution in [3.63, 3.8) is 0 Å². The number of ether oxygens (including phenoxy) is 2. The van der Waals surface area contributed by atoms with Crippen molar-refractivity contribution in [2.24, 2.45) is 0 Å². The van der Waals surface area contributed by atoms with Crippen LogP contribution in [-0.4, -0.2) is 35.6 Å². The standard InChI is InChI=1S/C27H19Cl2F3N2O5S/c1-38-21-10-16(9-20(29)24(21)39-14-15-5-7-18(28)8-6-15)11-22-25(36)34(26(37)40-22)13-23(35)33-19-4-2-3-17(12-19)27(30,31)32/h2-12H,13-14H2,1H3,(H,33,35)/b22-11-. The molecule has 0 bridgehead atoms. The second-order valence-electron chi connectivity index (χ2n) is 8.34. The van der Waals surface area contributed by atoms with Crippen molar-refractivity contribution in [2.75, 3.05) is 19.0 Å². The smallest absolute Gasteiger partial charge is 0.416 e. The van der Waals surface area contributed by atoms with Crippen LogP contribution in [0, 0.1) is 0 Å². The Kier molecular flexibility index (Phi) is 8.97. The summed E-state index contributed by atoms with van der Waals surface area (Å²) in [6.45, 7) is -0.492. The normalized spacial score (nSPS) is 14.6. The van der Waals surface area contributed by atoms with E-state index < -0.39 is 35.3 Å². The quantitative estimate of drug-likeness (QED) is 0.270. The molecule has 0 unspecified atom stereocenters. The van der Waals surface area contributed by atoms with Crippen LogP contribution in [0.1, 0.15) is 16.7 Å². The van der Waals surface area contributed by atoms with Gasteiger partial charge in [-0.3, -0.25) is 19.3 Å². The molecule has 13 heteroatoms. The molecule has 0 atom stereocenters. The van der Waals surface area contributed by atoms with E-state index in [4.69, 9.17) is 32.7 Å². The highest BCUT2D eigenvalue weighted by molar-refractivity contribution is 8.18. The highest BCUT2D eigenvalue weighted by atomic mass is 35.5. The Hall–Kier alpha value is -3.67. The van der Waals surface area contributed by atoms with E-state index in [-0.39, 0.29) is 33.7 Å². The van der Waals surface area contributed by atoms with Gasteiger partial charge in [-0.1, -0.05) is 41.4 Å². The van der Waals surface area contributed by atoms with Crippen molar-refractivity contribution >= 4 is 63.8 Å². The summed E-state index contributed by atoms with van der Waals surface area (Å²) < 4.78 is 50.0. The average Bonchev–Trinajstić information content (AvgIpc) is 3.15. The number of carbonyl (C=O) groups is 3. The predicted molar refractivity (Wildman–Crippen MR) is 147 cm³/mol. The lowest BCUT2D eigenvalue weighted by atomic mass is 10.1. The highest BCUT2D eigenvalue weighted by Crippen LogP contribution is 2.39. The third-order valence-corrected chi connectivity index (χ3v) is 6.94. The fourth-order valence-electron chi connectivity index (χ4n) is 3.60. The Labute approximate surface area is 240 Å². The Balaban J connectivity index is 1.45. The Bertz CT molecular complexity index is 1500. The van der Waals surface area contributed by atoms with E-state index >= 15 is 0 Å². The number of alkyl halides is 3. The number of amides is 3. The van der Waals surface area contributed by atoms with Gasteiger partial charge in [0.1, 0.15) is 13.2 Å². The van der Waals surface area contributed by atoms with E-state index in [0.717, 1.165) is 23.8 Å². The van der Waals surface area contributed by atoms with Gasteiger partial charge in [0.2, 0.25) is 5.91 Å². The van der Waals surface area contributed by atoms with Gasteiger partial charge in [0.15, 0.2) is 11.5 Å². The fourth-order valence-corrected chi connectivity index (χ4v) is 4.84.